The van der Waals surface area contributed by atoms with E-state index in [-0.39, 0.29) is 0 Å². The van der Waals surface area contributed by atoms with Crippen molar-refractivity contribution in [3.63, 3.8) is 0 Å². The molecule has 2 aromatic rings. The van der Waals surface area contributed by atoms with Crippen LogP contribution in [0.2, 0.25) is 0 Å². The monoisotopic (exact) mass is 266 g/mol. The zero-order chi connectivity index (χ0) is 13.5. The molecule has 0 bridgehead atoms. The second kappa shape index (κ2) is 4.58. The Labute approximate surface area is 119 Å². The molecule has 1 unspecified atom stereocenters. The summed E-state index contributed by atoms with van der Waals surface area (Å²) in [5.74, 6) is 1.30. The largest absolute Gasteiger partial charge is 0.302 e. The Morgan fingerprint density at radius 1 is 1.30 bits per heavy atom. The zero-order valence-electron chi connectivity index (χ0n) is 11.9. The summed E-state index contributed by atoms with van der Waals surface area (Å²) in [6, 6.07) is 9.28. The summed E-state index contributed by atoms with van der Waals surface area (Å²) in [7, 11) is 0. The van der Waals surface area contributed by atoms with E-state index in [1.807, 2.05) is 6.33 Å². The molecular weight excluding hydrogens is 246 g/mol. The number of nitrogens with zero attached hydrogens (tertiary/aromatic N) is 2. The lowest BCUT2D eigenvalue weighted by Gasteiger charge is -2.09. The quantitative estimate of drug-likeness (QED) is 0.804. The fourth-order valence-corrected chi connectivity index (χ4v) is 3.55. The molecule has 1 N–H and O–H groups in total. The molecule has 0 saturated carbocycles. The lowest BCUT2D eigenvalue weighted by Crippen LogP contribution is -2.37. The molecule has 0 fully saturated rings. The lowest BCUT2D eigenvalue weighted by atomic mass is 10.0. The standard InChI is InChI=1S/C17H19N3/c1-2-13-10-18-17-15-9-5-7-12-6-3-4-8-14(12)16(15)19-11-20(13)17/h3-4,6,8,11,13H,2,5,7,9-10H2,1H3/p+1. The van der Waals surface area contributed by atoms with Gasteiger partial charge >= 0.3 is 0 Å². The van der Waals surface area contributed by atoms with Crippen LogP contribution >= 0.6 is 0 Å². The lowest BCUT2D eigenvalue weighted by molar-refractivity contribution is -0.700. The van der Waals surface area contributed by atoms with Gasteiger partial charge in [-0.2, -0.15) is 0 Å². The molecule has 1 atom stereocenters. The van der Waals surface area contributed by atoms with E-state index in [9.17, 15) is 0 Å². The Kier molecular flexibility index (Phi) is 2.72. The van der Waals surface area contributed by atoms with Crippen LogP contribution in [0.5, 0.6) is 0 Å². The fraction of sp³-hybridized carbons (Fsp3) is 0.412. The predicted octanol–water partition coefficient (Wildman–Crippen LogP) is 2.90. The van der Waals surface area contributed by atoms with E-state index in [2.05, 4.69) is 41.1 Å². The third-order valence-electron chi connectivity index (χ3n) is 4.66. The normalized spacial score (nSPS) is 19.6. The van der Waals surface area contributed by atoms with E-state index in [0.29, 0.717) is 6.04 Å². The summed E-state index contributed by atoms with van der Waals surface area (Å²) in [5, 5.41) is 3.61. The number of aryl methyl sites for hydroxylation is 1. The molecule has 1 aromatic carbocycles. The van der Waals surface area contributed by atoms with Gasteiger partial charge in [0, 0.05) is 5.56 Å². The minimum absolute atomic E-state index is 0.557. The molecule has 1 aliphatic carbocycles. The highest BCUT2D eigenvalue weighted by molar-refractivity contribution is 5.71. The van der Waals surface area contributed by atoms with Gasteiger partial charge in [-0.1, -0.05) is 31.2 Å². The molecule has 2 heterocycles. The van der Waals surface area contributed by atoms with Crippen molar-refractivity contribution in [2.75, 3.05) is 11.9 Å². The Balaban J connectivity index is 1.93. The van der Waals surface area contributed by atoms with Gasteiger partial charge in [-0.3, -0.25) is 0 Å². The highest BCUT2D eigenvalue weighted by Crippen LogP contribution is 2.34. The molecule has 0 saturated heterocycles. The maximum absolute atomic E-state index is 4.81. The average Bonchev–Trinajstić information content (AvgIpc) is 2.82. The summed E-state index contributed by atoms with van der Waals surface area (Å²) in [4.78, 5) is 4.81. The number of fused-ring (bicyclic) bond motifs is 5. The molecular formula is C17H20N3+. The smallest absolute Gasteiger partial charge is 0.228 e. The third-order valence-corrected chi connectivity index (χ3v) is 4.66. The molecule has 0 spiro atoms. The molecule has 1 aliphatic heterocycles. The minimum atomic E-state index is 0.557. The number of hydrogen-bond donors (Lipinski definition) is 1. The number of nitrogens with one attached hydrogen (secondary N) is 1. The van der Waals surface area contributed by atoms with Crippen LogP contribution in [0.4, 0.5) is 5.82 Å². The van der Waals surface area contributed by atoms with E-state index in [1.54, 1.807) is 0 Å². The van der Waals surface area contributed by atoms with Crippen molar-refractivity contribution in [2.24, 2.45) is 0 Å². The third kappa shape index (κ3) is 1.65. The second-order valence-electron chi connectivity index (χ2n) is 5.78. The van der Waals surface area contributed by atoms with Crippen LogP contribution in [-0.4, -0.2) is 11.5 Å². The maximum Gasteiger partial charge on any atom is 0.228 e. The van der Waals surface area contributed by atoms with Gasteiger partial charge in [-0.15, -0.1) is 4.98 Å². The summed E-state index contributed by atoms with van der Waals surface area (Å²) in [6.07, 6.45) is 6.67. The molecule has 2 aliphatic rings. The molecule has 3 nitrogen and oxygen atoms in total. The van der Waals surface area contributed by atoms with Crippen LogP contribution in [-0.2, 0) is 12.8 Å². The van der Waals surface area contributed by atoms with E-state index >= 15 is 0 Å². The van der Waals surface area contributed by atoms with Gasteiger partial charge in [0.05, 0.1) is 12.1 Å². The summed E-state index contributed by atoms with van der Waals surface area (Å²) < 4.78 is 2.34. The first-order valence-corrected chi connectivity index (χ1v) is 7.63. The Morgan fingerprint density at radius 2 is 2.20 bits per heavy atom. The van der Waals surface area contributed by atoms with Gasteiger partial charge in [0.2, 0.25) is 12.1 Å². The van der Waals surface area contributed by atoms with Gasteiger partial charge in [-0.05, 0) is 31.2 Å². The summed E-state index contributed by atoms with van der Waals surface area (Å²) >= 11 is 0. The van der Waals surface area contributed by atoms with Crippen LogP contribution in [0, 0.1) is 0 Å². The van der Waals surface area contributed by atoms with Crippen molar-refractivity contribution < 1.29 is 4.57 Å². The molecule has 0 radical (unpaired) electrons. The Bertz CT molecular complexity index is 663. The zero-order valence-corrected chi connectivity index (χ0v) is 11.9. The first-order chi connectivity index (χ1) is 9.88. The number of aromatic nitrogens is 2. The van der Waals surface area contributed by atoms with Crippen molar-refractivity contribution in [1.29, 1.82) is 0 Å². The fourth-order valence-electron chi connectivity index (χ4n) is 3.55. The van der Waals surface area contributed by atoms with Gasteiger partial charge in [0.1, 0.15) is 6.04 Å². The van der Waals surface area contributed by atoms with Gasteiger partial charge in [0.25, 0.3) is 0 Å². The van der Waals surface area contributed by atoms with E-state index in [1.165, 1.54) is 34.6 Å². The second-order valence-corrected chi connectivity index (χ2v) is 5.78. The van der Waals surface area contributed by atoms with Crippen LogP contribution < -0.4 is 9.88 Å². The molecule has 3 heteroatoms. The van der Waals surface area contributed by atoms with E-state index in [4.69, 9.17) is 4.98 Å². The number of rotatable bonds is 1. The number of benzene rings is 1. The van der Waals surface area contributed by atoms with Crippen LogP contribution in [0.25, 0.3) is 11.3 Å². The van der Waals surface area contributed by atoms with E-state index < -0.39 is 0 Å². The van der Waals surface area contributed by atoms with Crippen molar-refractivity contribution >= 4 is 5.82 Å². The first-order valence-electron chi connectivity index (χ1n) is 7.63. The maximum atomic E-state index is 4.81. The van der Waals surface area contributed by atoms with Crippen LogP contribution in [0.1, 0.15) is 36.9 Å². The van der Waals surface area contributed by atoms with Crippen LogP contribution in [0.3, 0.4) is 0 Å². The highest BCUT2D eigenvalue weighted by atomic mass is 15.2. The van der Waals surface area contributed by atoms with Gasteiger partial charge in [0.15, 0.2) is 5.69 Å². The first kappa shape index (κ1) is 11.9. The van der Waals surface area contributed by atoms with E-state index in [0.717, 1.165) is 25.8 Å². The number of anilines is 1. The molecule has 1 aromatic heterocycles. The van der Waals surface area contributed by atoms with Crippen molar-refractivity contribution in [3.05, 3.63) is 41.7 Å². The molecule has 4 rings (SSSR count). The molecule has 0 amide bonds. The topological polar surface area (TPSA) is 28.8 Å². The van der Waals surface area contributed by atoms with Gasteiger partial charge < -0.3 is 5.32 Å². The molecule has 20 heavy (non-hydrogen) atoms. The number of hydrogen-bond acceptors (Lipinski definition) is 2. The van der Waals surface area contributed by atoms with Gasteiger partial charge in [-0.25, -0.2) is 4.57 Å². The molecule has 102 valence electrons. The predicted molar refractivity (Wildman–Crippen MR) is 79.7 cm³/mol. The Hall–Kier alpha value is -1.90. The SMILES string of the molecule is CCC1CNc2c3c(nc[n+]21)-c1ccccc1CCC3. The average molecular weight is 266 g/mol. The summed E-state index contributed by atoms with van der Waals surface area (Å²) in [6.45, 7) is 3.28. The van der Waals surface area contributed by atoms with Crippen molar-refractivity contribution in [1.82, 2.24) is 4.98 Å². The van der Waals surface area contributed by atoms with Crippen molar-refractivity contribution in [3.8, 4) is 11.3 Å². The highest BCUT2D eigenvalue weighted by Gasteiger charge is 2.32. The minimum Gasteiger partial charge on any atom is -0.302 e. The van der Waals surface area contributed by atoms with Crippen LogP contribution in [0.15, 0.2) is 30.6 Å². The van der Waals surface area contributed by atoms with Crippen molar-refractivity contribution in [2.45, 2.75) is 38.6 Å². The Morgan fingerprint density at radius 3 is 3.10 bits per heavy atom. The summed E-state index contributed by atoms with van der Waals surface area (Å²) in [5.41, 5.74) is 5.36.